The zero-order valence-corrected chi connectivity index (χ0v) is 10.3. The van der Waals surface area contributed by atoms with Crippen LogP contribution in [0, 0.1) is 0 Å². The SMILES string of the molecule is CCOc1ccccc1.Clc1cc2ccc1o2. The number of fused-ring (bicyclic) bond motifs is 2. The van der Waals surface area contributed by atoms with Gasteiger partial charge in [0.1, 0.15) is 16.9 Å². The van der Waals surface area contributed by atoms with Gasteiger partial charge in [0.05, 0.1) is 11.6 Å². The lowest BCUT2D eigenvalue weighted by molar-refractivity contribution is 0.340. The molecule has 3 rings (SSSR count). The van der Waals surface area contributed by atoms with Crippen LogP contribution in [0.5, 0.6) is 5.75 Å². The Morgan fingerprint density at radius 3 is 2.29 bits per heavy atom. The standard InChI is InChI=1S/C8H10O.C6H3ClO/c1-2-9-8-6-4-3-5-7-8;7-5-3-4-1-2-6(5)8-4/h3-7H,2H2,1H3;1-3H. The van der Waals surface area contributed by atoms with Crippen LogP contribution in [0.25, 0.3) is 11.2 Å². The maximum Gasteiger partial charge on any atom is 0.146 e. The van der Waals surface area contributed by atoms with Crippen molar-refractivity contribution in [2.45, 2.75) is 6.92 Å². The van der Waals surface area contributed by atoms with Crippen molar-refractivity contribution in [3.05, 3.63) is 53.6 Å². The molecule has 2 aromatic heterocycles. The van der Waals surface area contributed by atoms with Gasteiger partial charge in [-0.3, -0.25) is 0 Å². The Morgan fingerprint density at radius 1 is 1.12 bits per heavy atom. The molecule has 0 N–H and O–H groups in total. The van der Waals surface area contributed by atoms with Crippen molar-refractivity contribution in [3.63, 3.8) is 0 Å². The molecule has 0 amide bonds. The van der Waals surface area contributed by atoms with E-state index in [1.807, 2.05) is 49.4 Å². The van der Waals surface area contributed by atoms with Gasteiger partial charge in [0.25, 0.3) is 0 Å². The van der Waals surface area contributed by atoms with Gasteiger partial charge in [-0.2, -0.15) is 0 Å². The van der Waals surface area contributed by atoms with Crippen molar-refractivity contribution in [2.75, 3.05) is 6.61 Å². The van der Waals surface area contributed by atoms with Crippen LogP contribution in [-0.4, -0.2) is 6.61 Å². The Kier molecular flexibility index (Phi) is 3.89. The molecule has 3 heteroatoms. The summed E-state index contributed by atoms with van der Waals surface area (Å²) in [6.45, 7) is 2.72. The molecule has 2 heterocycles. The molecular formula is C14H13ClO2. The minimum absolute atomic E-state index is 0.711. The van der Waals surface area contributed by atoms with Gasteiger partial charge in [-0.1, -0.05) is 29.8 Å². The van der Waals surface area contributed by atoms with Gasteiger partial charge in [0.15, 0.2) is 0 Å². The molecule has 0 radical (unpaired) electrons. The van der Waals surface area contributed by atoms with Crippen molar-refractivity contribution in [1.29, 1.82) is 0 Å². The second kappa shape index (κ2) is 5.60. The molecule has 0 aliphatic rings. The lowest BCUT2D eigenvalue weighted by Crippen LogP contribution is -1.89. The second-order valence-electron chi connectivity index (χ2n) is 3.44. The predicted octanol–water partition coefficient (Wildman–Crippen LogP) is 4.61. The first kappa shape index (κ1) is 11.8. The number of rotatable bonds is 2. The largest absolute Gasteiger partial charge is 0.494 e. The summed E-state index contributed by atoms with van der Waals surface area (Å²) in [6, 6.07) is 15.3. The molecule has 0 aliphatic carbocycles. The zero-order chi connectivity index (χ0) is 12.1. The van der Waals surface area contributed by atoms with Crippen LogP contribution in [0.1, 0.15) is 6.92 Å². The average Bonchev–Trinajstić information content (AvgIpc) is 2.93. The van der Waals surface area contributed by atoms with Gasteiger partial charge in [0, 0.05) is 6.07 Å². The molecule has 2 nitrogen and oxygen atoms in total. The number of benzene rings is 2. The number of hydrogen-bond acceptors (Lipinski definition) is 2. The number of halogens is 1. The van der Waals surface area contributed by atoms with Crippen LogP contribution in [-0.2, 0) is 0 Å². The van der Waals surface area contributed by atoms with Gasteiger partial charge in [-0.25, -0.2) is 0 Å². The number of furan rings is 2. The summed E-state index contributed by atoms with van der Waals surface area (Å²) in [5, 5.41) is 0.711. The quantitative estimate of drug-likeness (QED) is 0.661. The minimum Gasteiger partial charge on any atom is -0.494 e. The van der Waals surface area contributed by atoms with E-state index in [-0.39, 0.29) is 0 Å². The Labute approximate surface area is 105 Å². The van der Waals surface area contributed by atoms with Crippen molar-refractivity contribution in [1.82, 2.24) is 0 Å². The molecule has 0 aliphatic heterocycles. The fourth-order valence-corrected chi connectivity index (χ4v) is 1.65. The van der Waals surface area contributed by atoms with E-state index in [4.69, 9.17) is 20.8 Å². The van der Waals surface area contributed by atoms with E-state index in [0.717, 1.165) is 23.5 Å². The van der Waals surface area contributed by atoms with Crippen molar-refractivity contribution in [3.8, 4) is 5.75 Å². The first-order valence-electron chi connectivity index (χ1n) is 5.45. The van der Waals surface area contributed by atoms with Crippen molar-refractivity contribution < 1.29 is 9.15 Å². The van der Waals surface area contributed by atoms with Crippen LogP contribution in [0.15, 0.2) is 52.9 Å². The number of ether oxygens (including phenoxy) is 1. The third-order valence-corrected chi connectivity index (χ3v) is 2.48. The van der Waals surface area contributed by atoms with Crippen molar-refractivity contribution in [2.24, 2.45) is 0 Å². The smallest absolute Gasteiger partial charge is 0.146 e. The van der Waals surface area contributed by atoms with Crippen LogP contribution in [0.2, 0.25) is 5.02 Å². The van der Waals surface area contributed by atoms with Gasteiger partial charge in [-0.05, 0) is 31.2 Å². The molecule has 0 unspecified atom stereocenters. The highest BCUT2D eigenvalue weighted by molar-refractivity contribution is 6.34. The first-order chi connectivity index (χ1) is 8.29. The summed E-state index contributed by atoms with van der Waals surface area (Å²) in [5.41, 5.74) is 1.63. The van der Waals surface area contributed by atoms with Crippen LogP contribution in [0.4, 0.5) is 0 Å². The summed E-state index contributed by atoms with van der Waals surface area (Å²) in [5.74, 6) is 0.944. The maximum absolute atomic E-state index is 5.64. The maximum atomic E-state index is 5.64. The molecular weight excluding hydrogens is 236 g/mol. The second-order valence-corrected chi connectivity index (χ2v) is 3.85. The molecule has 3 aromatic rings. The van der Waals surface area contributed by atoms with E-state index in [9.17, 15) is 0 Å². The lowest BCUT2D eigenvalue weighted by Gasteiger charge is -1.99. The molecule has 17 heavy (non-hydrogen) atoms. The minimum atomic E-state index is 0.711. The van der Waals surface area contributed by atoms with Gasteiger partial charge >= 0.3 is 0 Å². The Morgan fingerprint density at radius 2 is 1.88 bits per heavy atom. The molecule has 88 valence electrons. The Balaban J connectivity index is 0.000000127. The Bertz CT molecular complexity index is 545. The molecule has 0 atom stereocenters. The first-order valence-corrected chi connectivity index (χ1v) is 5.82. The monoisotopic (exact) mass is 248 g/mol. The summed E-state index contributed by atoms with van der Waals surface area (Å²) < 4.78 is 10.3. The number of para-hydroxylation sites is 1. The van der Waals surface area contributed by atoms with E-state index in [1.165, 1.54) is 0 Å². The van der Waals surface area contributed by atoms with Crippen LogP contribution < -0.4 is 4.74 Å². The van der Waals surface area contributed by atoms with E-state index in [2.05, 4.69) is 0 Å². The summed E-state index contributed by atoms with van der Waals surface area (Å²) in [6.07, 6.45) is 0. The molecule has 0 spiro atoms. The van der Waals surface area contributed by atoms with Crippen LogP contribution >= 0.6 is 11.6 Å². The summed E-state index contributed by atoms with van der Waals surface area (Å²) in [7, 11) is 0. The molecule has 2 bridgehead atoms. The third-order valence-electron chi connectivity index (χ3n) is 2.19. The van der Waals surface area contributed by atoms with E-state index < -0.39 is 0 Å². The van der Waals surface area contributed by atoms with Crippen molar-refractivity contribution >= 4 is 22.8 Å². The lowest BCUT2D eigenvalue weighted by atomic mass is 10.3. The van der Waals surface area contributed by atoms with E-state index in [0.29, 0.717) is 5.02 Å². The van der Waals surface area contributed by atoms with Gasteiger partial charge in [0.2, 0.25) is 0 Å². The number of hydrogen-bond donors (Lipinski definition) is 0. The average molecular weight is 249 g/mol. The zero-order valence-electron chi connectivity index (χ0n) is 9.52. The Hall–Kier alpha value is -1.67. The summed E-state index contributed by atoms with van der Waals surface area (Å²) in [4.78, 5) is 0. The molecule has 0 saturated carbocycles. The molecule has 0 saturated heterocycles. The van der Waals surface area contributed by atoms with Gasteiger partial charge < -0.3 is 9.15 Å². The highest BCUT2D eigenvalue weighted by Crippen LogP contribution is 2.25. The predicted molar refractivity (Wildman–Crippen MR) is 70.0 cm³/mol. The fourth-order valence-electron chi connectivity index (χ4n) is 1.44. The highest BCUT2D eigenvalue weighted by atomic mass is 35.5. The van der Waals surface area contributed by atoms with E-state index >= 15 is 0 Å². The molecule has 0 fully saturated rings. The summed E-state index contributed by atoms with van der Waals surface area (Å²) >= 11 is 5.64. The molecule has 1 aromatic carbocycles. The fraction of sp³-hybridized carbons (Fsp3) is 0.143. The van der Waals surface area contributed by atoms with Crippen LogP contribution in [0.3, 0.4) is 0 Å². The topological polar surface area (TPSA) is 22.4 Å². The highest BCUT2D eigenvalue weighted by Gasteiger charge is 2.01. The third kappa shape index (κ3) is 3.14. The van der Waals surface area contributed by atoms with E-state index in [1.54, 1.807) is 6.07 Å². The normalized spacial score (nSPS) is 10.0. The van der Waals surface area contributed by atoms with Gasteiger partial charge in [-0.15, -0.1) is 0 Å².